The molecule has 1 saturated heterocycles. The number of fused-ring (bicyclic) bond motifs is 1. The van der Waals surface area contributed by atoms with Crippen molar-refractivity contribution in [2.24, 2.45) is 0 Å². The monoisotopic (exact) mass is 407 g/mol. The van der Waals surface area contributed by atoms with E-state index in [1.807, 2.05) is 0 Å². The van der Waals surface area contributed by atoms with Gasteiger partial charge in [-0.3, -0.25) is 0 Å². The zero-order valence-electron chi connectivity index (χ0n) is 17.9. The van der Waals surface area contributed by atoms with Crippen LogP contribution in [0.2, 0.25) is 0 Å². The molecule has 7 heteroatoms. The number of carbonyl (C=O) groups is 1. The number of hydrogen-bond acceptors (Lipinski definition) is 5. The number of anilines is 1. The van der Waals surface area contributed by atoms with E-state index in [1.54, 1.807) is 20.8 Å². The molecule has 29 heavy (non-hydrogen) atoms. The number of rotatable bonds is 7. The van der Waals surface area contributed by atoms with E-state index < -0.39 is 24.0 Å². The number of carbonyl (C=O) groups excluding carboxylic acids is 1. The molecule has 3 heterocycles. The Kier molecular flexibility index (Phi) is 7.33. The Morgan fingerprint density at radius 3 is 2.90 bits per heavy atom. The maximum Gasteiger partial charge on any atom is 0.410 e. The molecular weight excluding hydrogens is 373 g/mol. The predicted octanol–water partition coefficient (Wildman–Crippen LogP) is 4.13. The molecule has 0 bridgehead atoms. The van der Waals surface area contributed by atoms with Gasteiger partial charge in [0.25, 0.3) is 0 Å². The molecule has 1 aromatic heterocycles. The summed E-state index contributed by atoms with van der Waals surface area (Å²) in [6.45, 7) is 7.21. The molecule has 0 aromatic carbocycles. The number of amides is 1. The van der Waals surface area contributed by atoms with Crippen LogP contribution in [0.4, 0.5) is 15.0 Å². The average Bonchev–Trinajstić information content (AvgIpc) is 3.04. The Morgan fingerprint density at radius 2 is 2.10 bits per heavy atom. The lowest BCUT2D eigenvalue weighted by Crippen LogP contribution is -2.36. The number of nitrogens with one attached hydrogen (secondary N) is 1. The summed E-state index contributed by atoms with van der Waals surface area (Å²) in [5, 5.41) is 3.37. The van der Waals surface area contributed by atoms with Crippen LogP contribution in [-0.4, -0.2) is 60.1 Å². The van der Waals surface area contributed by atoms with E-state index in [1.165, 1.54) is 16.9 Å². The van der Waals surface area contributed by atoms with Crippen molar-refractivity contribution in [2.45, 2.75) is 77.2 Å². The third-order valence-corrected chi connectivity index (χ3v) is 5.21. The van der Waals surface area contributed by atoms with Gasteiger partial charge in [-0.25, -0.2) is 14.2 Å². The van der Waals surface area contributed by atoms with Gasteiger partial charge < -0.3 is 19.7 Å². The SMILES string of the molecule is CC(C)(C)OC(=O)N1CC(F)C(OCCCCCc2ccc3c(n2)NCCC3)C1. The van der Waals surface area contributed by atoms with Crippen LogP contribution in [0, 0.1) is 0 Å². The van der Waals surface area contributed by atoms with E-state index in [9.17, 15) is 9.18 Å². The second-order valence-corrected chi connectivity index (χ2v) is 8.96. The van der Waals surface area contributed by atoms with Gasteiger partial charge in [0.1, 0.15) is 23.7 Å². The quantitative estimate of drug-likeness (QED) is 0.689. The smallest absolute Gasteiger partial charge is 0.410 e. The number of alkyl halides is 1. The maximum atomic E-state index is 14.2. The number of unbranched alkanes of at least 4 members (excludes halogenated alkanes) is 2. The summed E-state index contributed by atoms with van der Waals surface area (Å²) < 4.78 is 25.2. The first-order chi connectivity index (χ1) is 13.8. The van der Waals surface area contributed by atoms with Gasteiger partial charge in [0.2, 0.25) is 0 Å². The normalized spacial score (nSPS) is 21.6. The summed E-state index contributed by atoms with van der Waals surface area (Å²) in [5.41, 5.74) is 1.85. The number of ether oxygens (including phenoxy) is 2. The summed E-state index contributed by atoms with van der Waals surface area (Å²) in [6, 6.07) is 4.31. The largest absolute Gasteiger partial charge is 0.444 e. The summed E-state index contributed by atoms with van der Waals surface area (Å²) in [7, 11) is 0. The van der Waals surface area contributed by atoms with E-state index in [2.05, 4.69) is 17.4 Å². The molecule has 1 N–H and O–H groups in total. The van der Waals surface area contributed by atoms with E-state index in [0.717, 1.165) is 50.2 Å². The zero-order chi connectivity index (χ0) is 20.9. The van der Waals surface area contributed by atoms with Gasteiger partial charge in [0.15, 0.2) is 0 Å². The predicted molar refractivity (Wildman–Crippen MR) is 111 cm³/mol. The van der Waals surface area contributed by atoms with Crippen molar-refractivity contribution < 1.29 is 18.7 Å². The van der Waals surface area contributed by atoms with Crippen LogP contribution in [0.1, 0.15) is 57.7 Å². The number of nitrogens with zero attached hydrogens (tertiary/aromatic N) is 2. The molecule has 0 aliphatic carbocycles. The Labute approximate surface area is 173 Å². The minimum absolute atomic E-state index is 0.0393. The van der Waals surface area contributed by atoms with Crippen LogP contribution >= 0.6 is 0 Å². The van der Waals surface area contributed by atoms with E-state index in [0.29, 0.717) is 6.61 Å². The second kappa shape index (κ2) is 9.74. The molecule has 2 atom stereocenters. The van der Waals surface area contributed by atoms with Crippen LogP contribution in [0.15, 0.2) is 12.1 Å². The van der Waals surface area contributed by atoms with E-state index in [4.69, 9.17) is 14.5 Å². The number of aromatic nitrogens is 1. The van der Waals surface area contributed by atoms with Gasteiger partial charge in [-0.15, -0.1) is 0 Å². The standard InChI is InChI=1S/C22H34FN3O3/c1-22(2,3)29-21(27)26-14-18(23)19(15-26)28-13-6-4-5-9-17-11-10-16-8-7-12-24-20(16)25-17/h10-11,18-19H,4-9,12-15H2,1-3H3,(H,24,25). The van der Waals surface area contributed by atoms with Crippen molar-refractivity contribution in [3.63, 3.8) is 0 Å². The Hall–Kier alpha value is -1.89. The first-order valence-corrected chi connectivity index (χ1v) is 10.8. The van der Waals surface area contributed by atoms with Crippen molar-refractivity contribution in [3.05, 3.63) is 23.4 Å². The number of likely N-dealkylation sites (tertiary alicyclic amines) is 1. The molecule has 2 aliphatic heterocycles. The molecule has 0 spiro atoms. The molecule has 1 fully saturated rings. The van der Waals surface area contributed by atoms with Gasteiger partial charge in [-0.2, -0.15) is 0 Å². The lowest BCUT2D eigenvalue weighted by molar-refractivity contribution is 0.0133. The molecule has 1 amide bonds. The summed E-state index contributed by atoms with van der Waals surface area (Å²) in [5.74, 6) is 1.04. The molecule has 0 radical (unpaired) electrons. The molecule has 162 valence electrons. The highest BCUT2D eigenvalue weighted by Crippen LogP contribution is 2.22. The average molecular weight is 408 g/mol. The molecule has 2 unspecified atom stereocenters. The van der Waals surface area contributed by atoms with Crippen molar-refractivity contribution >= 4 is 11.9 Å². The number of halogens is 1. The maximum absolute atomic E-state index is 14.2. The fourth-order valence-corrected chi connectivity index (χ4v) is 3.69. The highest BCUT2D eigenvalue weighted by atomic mass is 19.1. The number of hydrogen-bond donors (Lipinski definition) is 1. The summed E-state index contributed by atoms with van der Waals surface area (Å²) >= 11 is 0. The zero-order valence-corrected chi connectivity index (χ0v) is 17.9. The molecule has 6 nitrogen and oxygen atoms in total. The van der Waals surface area contributed by atoms with Crippen molar-refractivity contribution in [1.29, 1.82) is 0 Å². The molecule has 0 saturated carbocycles. The highest BCUT2D eigenvalue weighted by Gasteiger charge is 2.37. The first-order valence-electron chi connectivity index (χ1n) is 10.8. The Morgan fingerprint density at radius 1 is 1.28 bits per heavy atom. The van der Waals surface area contributed by atoms with Gasteiger partial charge in [-0.1, -0.05) is 12.5 Å². The lowest BCUT2D eigenvalue weighted by Gasteiger charge is -2.24. The molecular formula is C22H34FN3O3. The van der Waals surface area contributed by atoms with Gasteiger partial charge >= 0.3 is 6.09 Å². The van der Waals surface area contributed by atoms with Crippen LogP contribution in [0.3, 0.4) is 0 Å². The molecule has 3 rings (SSSR count). The van der Waals surface area contributed by atoms with Crippen LogP contribution in [0.5, 0.6) is 0 Å². The topological polar surface area (TPSA) is 63.7 Å². The van der Waals surface area contributed by atoms with Crippen molar-refractivity contribution in [2.75, 3.05) is 31.6 Å². The third-order valence-electron chi connectivity index (χ3n) is 5.21. The van der Waals surface area contributed by atoms with E-state index >= 15 is 0 Å². The molecule has 2 aliphatic rings. The minimum Gasteiger partial charge on any atom is -0.444 e. The second-order valence-electron chi connectivity index (χ2n) is 8.96. The van der Waals surface area contributed by atoms with Gasteiger partial charge in [-0.05, 0) is 64.5 Å². The van der Waals surface area contributed by atoms with Crippen molar-refractivity contribution in [1.82, 2.24) is 9.88 Å². The number of aryl methyl sites for hydroxylation is 2. The molecule has 1 aromatic rings. The lowest BCUT2D eigenvalue weighted by atomic mass is 10.1. The Bertz CT molecular complexity index is 692. The van der Waals surface area contributed by atoms with Gasteiger partial charge in [0, 0.05) is 18.8 Å². The fraction of sp³-hybridized carbons (Fsp3) is 0.727. The fourth-order valence-electron chi connectivity index (χ4n) is 3.69. The van der Waals surface area contributed by atoms with Crippen LogP contribution < -0.4 is 5.32 Å². The minimum atomic E-state index is -1.16. The number of pyridine rings is 1. The van der Waals surface area contributed by atoms with Crippen LogP contribution in [-0.2, 0) is 22.3 Å². The first kappa shape index (κ1) is 21.8. The van der Waals surface area contributed by atoms with Gasteiger partial charge in [0.05, 0.1) is 13.1 Å². The summed E-state index contributed by atoms with van der Waals surface area (Å²) in [6.07, 6.45) is 3.94. The van der Waals surface area contributed by atoms with Crippen molar-refractivity contribution in [3.8, 4) is 0 Å². The highest BCUT2D eigenvalue weighted by molar-refractivity contribution is 5.68. The summed E-state index contributed by atoms with van der Waals surface area (Å²) in [4.78, 5) is 18.2. The van der Waals surface area contributed by atoms with Crippen LogP contribution in [0.25, 0.3) is 0 Å². The van der Waals surface area contributed by atoms with E-state index in [-0.39, 0.29) is 13.1 Å². The Balaban J connectivity index is 1.31. The third kappa shape index (κ3) is 6.56.